The number of hydrogen-bond acceptors (Lipinski definition) is 10. The summed E-state index contributed by atoms with van der Waals surface area (Å²) < 4.78 is 54.0. The molecular weight excluding hydrogens is 457 g/mol. The van der Waals surface area contributed by atoms with Crippen LogP contribution >= 0.6 is 0 Å². The van der Waals surface area contributed by atoms with Crippen molar-refractivity contribution >= 4 is 16.0 Å². The highest BCUT2D eigenvalue weighted by Gasteiger charge is 2.25. The minimum atomic E-state index is -3.54. The number of ether oxygens (including phenoxy) is 3. The number of carbonyl (C=O) groups is 1. The minimum Gasteiger partial charge on any atom is -0.474 e. The van der Waals surface area contributed by atoms with E-state index in [1.165, 1.54) is 23.5 Å². The van der Waals surface area contributed by atoms with Gasteiger partial charge < -0.3 is 19.0 Å². The van der Waals surface area contributed by atoms with Crippen LogP contribution in [0.1, 0.15) is 32.3 Å². The van der Waals surface area contributed by atoms with Crippen LogP contribution in [-0.4, -0.2) is 61.2 Å². The fraction of sp³-hybridized carbons (Fsp3) is 0.476. The molecule has 1 aromatic carbocycles. The van der Waals surface area contributed by atoms with E-state index in [1.807, 2.05) is 0 Å². The van der Waals surface area contributed by atoms with Gasteiger partial charge in [0.15, 0.2) is 21.4 Å². The van der Waals surface area contributed by atoms with Crippen molar-refractivity contribution < 1.29 is 36.7 Å². The van der Waals surface area contributed by atoms with Gasteiger partial charge in [0.1, 0.15) is 12.4 Å². The number of carbonyl (C=O) groups excluding carboxylic acids is 1. The van der Waals surface area contributed by atoms with Crippen LogP contribution < -0.4 is 9.47 Å². The Morgan fingerprint density at radius 2 is 1.85 bits per heavy atom. The van der Waals surface area contributed by atoms with Crippen molar-refractivity contribution in [3.63, 3.8) is 0 Å². The first-order valence-electron chi connectivity index (χ1n) is 10.3. The van der Waals surface area contributed by atoms with Gasteiger partial charge in [0, 0.05) is 32.2 Å². The number of benzene rings is 1. The average molecular weight is 484 g/mol. The van der Waals surface area contributed by atoms with Gasteiger partial charge in [-0.15, -0.1) is 5.06 Å². The predicted molar refractivity (Wildman–Crippen MR) is 114 cm³/mol. The summed E-state index contributed by atoms with van der Waals surface area (Å²) in [6, 6.07) is 3.38. The number of nitrogens with zero attached hydrogens (tertiary/aromatic N) is 3. The molecule has 0 bridgehead atoms. The van der Waals surface area contributed by atoms with E-state index in [0.29, 0.717) is 31.5 Å². The highest BCUT2D eigenvalue weighted by Crippen LogP contribution is 2.31. The number of rotatable bonds is 7. The molecule has 0 aliphatic carbocycles. The van der Waals surface area contributed by atoms with E-state index in [0.717, 1.165) is 12.3 Å². The summed E-state index contributed by atoms with van der Waals surface area (Å²) in [5.74, 6) is -0.634. The van der Waals surface area contributed by atoms with Crippen LogP contribution in [0.3, 0.4) is 0 Å². The number of sulfone groups is 1. The third-order valence-corrected chi connectivity index (χ3v) is 5.85. The lowest BCUT2D eigenvalue weighted by Crippen LogP contribution is -2.40. The third-order valence-electron chi connectivity index (χ3n) is 4.74. The fourth-order valence-corrected chi connectivity index (χ4v) is 3.69. The lowest BCUT2D eigenvalue weighted by Gasteiger charge is -2.30. The van der Waals surface area contributed by atoms with Crippen molar-refractivity contribution in [2.75, 3.05) is 19.3 Å². The smallest absolute Gasteiger partial charge is 0.474 e. The third kappa shape index (κ3) is 6.75. The van der Waals surface area contributed by atoms with Gasteiger partial charge in [0.25, 0.3) is 0 Å². The van der Waals surface area contributed by atoms with Crippen LogP contribution in [0.5, 0.6) is 17.5 Å². The van der Waals surface area contributed by atoms with Gasteiger partial charge in [0.05, 0.1) is 16.6 Å². The quantitative estimate of drug-likeness (QED) is 0.542. The summed E-state index contributed by atoms with van der Waals surface area (Å²) in [7, 11) is -3.54. The maximum Gasteiger partial charge on any atom is 0.528 e. The summed E-state index contributed by atoms with van der Waals surface area (Å²) in [6.07, 6.45) is 2.20. The molecule has 1 aliphatic heterocycles. The normalized spacial score (nSPS) is 15.3. The number of hydrogen-bond donors (Lipinski definition) is 0. The second-order valence-corrected chi connectivity index (χ2v) is 9.85. The topological polar surface area (TPSA) is 117 Å². The van der Waals surface area contributed by atoms with Crippen molar-refractivity contribution in [2.24, 2.45) is 0 Å². The first-order valence-corrected chi connectivity index (χ1v) is 12.2. The minimum absolute atomic E-state index is 0.0863. The Balaban J connectivity index is 1.62. The molecule has 1 aliphatic rings. The van der Waals surface area contributed by atoms with Gasteiger partial charge >= 0.3 is 6.16 Å². The Labute approximate surface area is 191 Å². The van der Waals surface area contributed by atoms with Crippen LogP contribution in [-0.2, 0) is 19.4 Å². The zero-order chi connectivity index (χ0) is 24.2. The largest absolute Gasteiger partial charge is 0.528 e. The molecule has 0 radical (unpaired) electrons. The summed E-state index contributed by atoms with van der Waals surface area (Å²) >= 11 is 0. The summed E-state index contributed by atoms with van der Waals surface area (Å²) in [5.41, 5.74) is 0.461. The number of hydroxylamine groups is 2. The lowest BCUT2D eigenvalue weighted by molar-refractivity contribution is -0.151. The van der Waals surface area contributed by atoms with Gasteiger partial charge in [-0.3, -0.25) is 0 Å². The molecule has 180 valence electrons. The van der Waals surface area contributed by atoms with Gasteiger partial charge in [-0.1, -0.05) is 0 Å². The van der Waals surface area contributed by atoms with Gasteiger partial charge in [-0.25, -0.2) is 27.6 Å². The van der Waals surface area contributed by atoms with Crippen molar-refractivity contribution in [1.82, 2.24) is 15.0 Å². The predicted octanol–water partition coefficient (Wildman–Crippen LogP) is 3.44. The molecule has 0 atom stereocenters. The monoisotopic (exact) mass is 483 g/mol. The Morgan fingerprint density at radius 1 is 1.18 bits per heavy atom. The molecule has 3 rings (SSSR count). The number of halogens is 1. The molecule has 10 nitrogen and oxygen atoms in total. The zero-order valence-electron chi connectivity index (χ0n) is 18.8. The van der Waals surface area contributed by atoms with Gasteiger partial charge in [-0.05, 0) is 39.0 Å². The molecule has 33 heavy (non-hydrogen) atoms. The maximum atomic E-state index is 14.4. The van der Waals surface area contributed by atoms with Gasteiger partial charge in [0.2, 0.25) is 11.8 Å². The molecule has 2 heterocycles. The Morgan fingerprint density at radius 3 is 2.45 bits per heavy atom. The second-order valence-electron chi connectivity index (χ2n) is 7.83. The first-order chi connectivity index (χ1) is 15.5. The lowest BCUT2D eigenvalue weighted by atomic mass is 10.1. The molecular formula is C21H26FN3O7S. The van der Waals surface area contributed by atoms with E-state index >= 15 is 0 Å². The highest BCUT2D eigenvalue weighted by atomic mass is 32.2. The van der Waals surface area contributed by atoms with E-state index in [4.69, 9.17) is 19.0 Å². The van der Waals surface area contributed by atoms with Crippen LogP contribution in [0.25, 0.3) is 0 Å². The summed E-state index contributed by atoms with van der Waals surface area (Å²) in [4.78, 5) is 24.8. The van der Waals surface area contributed by atoms with Crippen molar-refractivity contribution in [3.8, 4) is 17.5 Å². The second kappa shape index (κ2) is 10.3. The van der Waals surface area contributed by atoms with E-state index in [9.17, 15) is 17.6 Å². The van der Waals surface area contributed by atoms with Crippen LogP contribution in [0, 0.1) is 12.7 Å². The Hall–Kier alpha value is -2.99. The number of piperidine rings is 1. The SMILES string of the molecule is Cc1c(Oc2ccc(S(C)(=O)=O)cc2F)ncnc1OC1CCN(OC(=O)OC(C)C)CC1. The standard InChI is InChI=1S/C21H26FN3O7S/c1-13(2)29-21(26)32-25-9-7-15(8-10-25)30-19-14(3)20(24-12-23-19)31-18-6-5-16(11-17(18)22)33(4,27)28/h5-6,11-13,15H,7-10H2,1-4H3. The van der Waals surface area contributed by atoms with Crippen molar-refractivity contribution in [1.29, 1.82) is 0 Å². The van der Waals surface area contributed by atoms with Crippen molar-refractivity contribution in [3.05, 3.63) is 35.9 Å². The van der Waals surface area contributed by atoms with E-state index in [-0.39, 0.29) is 34.6 Å². The summed E-state index contributed by atoms with van der Waals surface area (Å²) in [5, 5.41) is 1.52. The summed E-state index contributed by atoms with van der Waals surface area (Å²) in [6.45, 7) is 6.07. The van der Waals surface area contributed by atoms with E-state index in [2.05, 4.69) is 9.97 Å². The highest BCUT2D eigenvalue weighted by molar-refractivity contribution is 7.90. The van der Waals surface area contributed by atoms with Crippen molar-refractivity contribution in [2.45, 2.75) is 50.7 Å². The Bertz CT molecular complexity index is 1100. The fourth-order valence-electron chi connectivity index (χ4n) is 3.06. The first kappa shape index (κ1) is 24.6. The molecule has 1 aromatic heterocycles. The molecule has 0 saturated carbocycles. The molecule has 12 heteroatoms. The molecule has 1 fully saturated rings. The molecule has 0 spiro atoms. The molecule has 0 amide bonds. The van der Waals surface area contributed by atoms with E-state index < -0.39 is 21.8 Å². The zero-order valence-corrected chi connectivity index (χ0v) is 19.6. The molecule has 1 saturated heterocycles. The van der Waals surface area contributed by atoms with Crippen LogP contribution in [0.15, 0.2) is 29.4 Å². The van der Waals surface area contributed by atoms with Crippen LogP contribution in [0.4, 0.5) is 9.18 Å². The molecule has 0 unspecified atom stereocenters. The maximum absolute atomic E-state index is 14.4. The van der Waals surface area contributed by atoms with Gasteiger partial charge in [-0.2, -0.15) is 0 Å². The van der Waals surface area contributed by atoms with E-state index in [1.54, 1.807) is 20.8 Å². The molecule has 2 aromatic rings. The molecule has 0 N–H and O–H groups in total. The average Bonchev–Trinajstić information content (AvgIpc) is 2.72. The Kier molecular flexibility index (Phi) is 7.69. The number of aromatic nitrogens is 2. The van der Waals surface area contributed by atoms with Crippen LogP contribution in [0.2, 0.25) is 0 Å².